The van der Waals surface area contributed by atoms with Gasteiger partial charge in [0, 0.05) is 37.6 Å². The number of nitrogens with one attached hydrogen (secondary N) is 2. The average Bonchev–Trinajstić information content (AvgIpc) is 2.74. The Bertz CT molecular complexity index is 1230. The number of hydrogen-bond acceptors (Lipinski definition) is 6. The molecule has 0 saturated carbocycles. The topological polar surface area (TPSA) is 109 Å². The first-order chi connectivity index (χ1) is 14.5. The van der Waals surface area contributed by atoms with Gasteiger partial charge < -0.3 is 19.8 Å². The molecule has 3 aromatic rings. The fourth-order valence-electron chi connectivity index (χ4n) is 2.95. The number of aromatic amines is 1. The number of aromatic nitrogens is 2. The number of amides is 1. The van der Waals surface area contributed by atoms with Crippen molar-refractivity contribution in [3.05, 3.63) is 63.2 Å². The molecule has 1 aromatic heterocycles. The maximum absolute atomic E-state index is 12.7. The van der Waals surface area contributed by atoms with Crippen molar-refractivity contribution in [1.82, 2.24) is 9.55 Å². The Morgan fingerprint density at radius 1 is 1.30 bits per heavy atom. The molecule has 0 saturated heterocycles. The van der Waals surface area contributed by atoms with Gasteiger partial charge in [-0.3, -0.25) is 14.2 Å². The SMILES string of the molecule is COCCCn1c(=S)[nH]c2cc(C(=O)Nc3cccc(OCC#N)c3)ccc2c1=O. The summed E-state index contributed by atoms with van der Waals surface area (Å²) in [6.07, 6.45) is 0.664. The number of H-pyrrole nitrogens is 1. The van der Waals surface area contributed by atoms with Crippen LogP contribution in [0.2, 0.25) is 0 Å². The van der Waals surface area contributed by atoms with Crippen molar-refractivity contribution in [2.75, 3.05) is 25.6 Å². The van der Waals surface area contributed by atoms with E-state index in [2.05, 4.69) is 10.3 Å². The van der Waals surface area contributed by atoms with Crippen LogP contribution in [0.15, 0.2) is 47.3 Å². The standard InChI is InChI=1S/C21H20N4O4S/c1-28-10-3-9-25-20(27)17-7-6-14(12-18(17)24-21(25)30)19(26)23-15-4-2-5-16(13-15)29-11-8-22/h2,4-7,12-13H,3,9-11H2,1H3,(H,23,26)(H,24,30). The van der Waals surface area contributed by atoms with Crippen LogP contribution >= 0.6 is 12.2 Å². The van der Waals surface area contributed by atoms with Gasteiger partial charge in [-0.2, -0.15) is 5.26 Å². The van der Waals surface area contributed by atoms with Crippen LogP contribution in [0.25, 0.3) is 10.9 Å². The Labute approximate surface area is 177 Å². The Morgan fingerprint density at radius 2 is 2.13 bits per heavy atom. The first-order valence-electron chi connectivity index (χ1n) is 9.20. The molecule has 0 radical (unpaired) electrons. The van der Waals surface area contributed by atoms with Crippen molar-refractivity contribution in [1.29, 1.82) is 5.26 Å². The smallest absolute Gasteiger partial charge is 0.262 e. The molecule has 2 N–H and O–H groups in total. The lowest BCUT2D eigenvalue weighted by Gasteiger charge is -2.10. The van der Waals surface area contributed by atoms with Crippen LogP contribution in [0, 0.1) is 16.1 Å². The molecule has 1 amide bonds. The van der Waals surface area contributed by atoms with E-state index in [1.54, 1.807) is 49.6 Å². The molecule has 0 spiro atoms. The monoisotopic (exact) mass is 424 g/mol. The highest BCUT2D eigenvalue weighted by Crippen LogP contribution is 2.19. The van der Waals surface area contributed by atoms with Gasteiger partial charge in [-0.25, -0.2) is 0 Å². The Balaban J connectivity index is 1.84. The van der Waals surface area contributed by atoms with E-state index in [-0.39, 0.29) is 18.1 Å². The van der Waals surface area contributed by atoms with E-state index in [1.165, 1.54) is 4.57 Å². The second-order valence-corrected chi connectivity index (χ2v) is 6.81. The number of carbonyl (C=O) groups is 1. The van der Waals surface area contributed by atoms with Gasteiger partial charge >= 0.3 is 0 Å². The summed E-state index contributed by atoms with van der Waals surface area (Å²) in [5.41, 5.74) is 1.18. The zero-order valence-electron chi connectivity index (χ0n) is 16.3. The van der Waals surface area contributed by atoms with Crippen LogP contribution in [0.4, 0.5) is 5.69 Å². The number of nitriles is 1. The Kier molecular flexibility index (Phi) is 6.95. The third-order valence-corrected chi connectivity index (χ3v) is 4.69. The van der Waals surface area contributed by atoms with Crippen LogP contribution in [0.5, 0.6) is 5.75 Å². The number of anilines is 1. The fourth-order valence-corrected chi connectivity index (χ4v) is 3.23. The molecule has 154 valence electrons. The third kappa shape index (κ3) is 4.92. The number of carbonyl (C=O) groups excluding carboxylic acids is 1. The first-order valence-corrected chi connectivity index (χ1v) is 9.61. The lowest BCUT2D eigenvalue weighted by Crippen LogP contribution is -2.23. The molecule has 0 aliphatic rings. The minimum Gasteiger partial charge on any atom is -0.479 e. The molecule has 2 aromatic carbocycles. The fraction of sp³-hybridized carbons (Fsp3) is 0.238. The number of nitrogens with zero attached hydrogens (tertiary/aromatic N) is 2. The molecule has 1 heterocycles. The second-order valence-electron chi connectivity index (χ2n) is 6.42. The number of methoxy groups -OCH3 is 1. The highest BCUT2D eigenvalue weighted by atomic mass is 32.1. The van der Waals surface area contributed by atoms with E-state index >= 15 is 0 Å². The summed E-state index contributed by atoms with van der Waals surface area (Å²) < 4.78 is 12.0. The second kappa shape index (κ2) is 9.82. The lowest BCUT2D eigenvalue weighted by molar-refractivity contribution is 0.102. The quantitative estimate of drug-likeness (QED) is 0.424. The van der Waals surface area contributed by atoms with E-state index in [4.69, 9.17) is 27.0 Å². The van der Waals surface area contributed by atoms with Crippen LogP contribution in [-0.2, 0) is 11.3 Å². The Morgan fingerprint density at radius 3 is 2.90 bits per heavy atom. The number of ether oxygens (including phenoxy) is 2. The summed E-state index contributed by atoms with van der Waals surface area (Å²) in [6.45, 7) is 0.899. The average molecular weight is 424 g/mol. The Hall–Kier alpha value is -3.48. The molecular formula is C21H20N4O4S. The summed E-state index contributed by atoms with van der Waals surface area (Å²) in [5.74, 6) is 0.129. The summed E-state index contributed by atoms with van der Waals surface area (Å²) in [4.78, 5) is 28.4. The molecule has 3 rings (SSSR count). The minimum atomic E-state index is -0.349. The van der Waals surface area contributed by atoms with Crippen LogP contribution < -0.4 is 15.6 Å². The molecule has 0 aliphatic heterocycles. The molecule has 0 aliphatic carbocycles. The van der Waals surface area contributed by atoms with Gasteiger partial charge in [0.05, 0.1) is 10.9 Å². The van der Waals surface area contributed by atoms with Crippen molar-refractivity contribution in [3.63, 3.8) is 0 Å². The molecular weight excluding hydrogens is 404 g/mol. The number of fused-ring (bicyclic) bond motifs is 1. The largest absolute Gasteiger partial charge is 0.479 e. The molecule has 30 heavy (non-hydrogen) atoms. The van der Waals surface area contributed by atoms with Gasteiger partial charge in [0.15, 0.2) is 11.4 Å². The van der Waals surface area contributed by atoms with E-state index in [1.807, 2.05) is 6.07 Å². The maximum atomic E-state index is 12.7. The van der Waals surface area contributed by atoms with E-state index in [0.29, 0.717) is 52.2 Å². The van der Waals surface area contributed by atoms with Gasteiger partial charge in [-0.15, -0.1) is 0 Å². The summed E-state index contributed by atoms with van der Waals surface area (Å²) in [5, 5.41) is 11.8. The minimum absolute atomic E-state index is 0.0791. The predicted molar refractivity (Wildman–Crippen MR) is 115 cm³/mol. The van der Waals surface area contributed by atoms with Crippen LogP contribution in [-0.4, -0.2) is 35.8 Å². The van der Waals surface area contributed by atoms with Crippen LogP contribution in [0.3, 0.4) is 0 Å². The summed E-state index contributed by atoms with van der Waals surface area (Å²) >= 11 is 5.31. The van der Waals surface area contributed by atoms with E-state index in [0.717, 1.165) is 0 Å². The first kappa shape index (κ1) is 21.2. The molecule has 0 bridgehead atoms. The van der Waals surface area contributed by atoms with Gasteiger partial charge in [0.25, 0.3) is 11.5 Å². The molecule has 0 atom stereocenters. The third-order valence-electron chi connectivity index (χ3n) is 4.37. The van der Waals surface area contributed by atoms with Crippen molar-refractivity contribution >= 4 is 34.7 Å². The van der Waals surface area contributed by atoms with Crippen molar-refractivity contribution < 1.29 is 14.3 Å². The van der Waals surface area contributed by atoms with E-state index in [9.17, 15) is 9.59 Å². The highest BCUT2D eigenvalue weighted by Gasteiger charge is 2.11. The van der Waals surface area contributed by atoms with Gasteiger partial charge in [-0.05, 0) is 49.0 Å². The van der Waals surface area contributed by atoms with Crippen molar-refractivity contribution in [2.24, 2.45) is 0 Å². The number of hydrogen-bond donors (Lipinski definition) is 2. The lowest BCUT2D eigenvalue weighted by atomic mass is 10.1. The predicted octanol–water partition coefficient (Wildman–Crippen LogP) is 3.25. The normalized spacial score (nSPS) is 10.5. The van der Waals surface area contributed by atoms with Crippen molar-refractivity contribution in [3.8, 4) is 11.8 Å². The molecule has 0 unspecified atom stereocenters. The summed E-state index contributed by atoms with van der Waals surface area (Å²) in [6, 6.07) is 13.4. The zero-order valence-corrected chi connectivity index (χ0v) is 17.1. The highest BCUT2D eigenvalue weighted by molar-refractivity contribution is 7.71. The van der Waals surface area contributed by atoms with E-state index < -0.39 is 0 Å². The molecule has 0 fully saturated rings. The maximum Gasteiger partial charge on any atom is 0.262 e. The zero-order chi connectivity index (χ0) is 21.5. The van der Waals surface area contributed by atoms with Gasteiger partial charge in [-0.1, -0.05) is 6.07 Å². The van der Waals surface area contributed by atoms with Gasteiger partial charge in [0.1, 0.15) is 11.8 Å². The number of benzene rings is 2. The number of rotatable bonds is 8. The van der Waals surface area contributed by atoms with Gasteiger partial charge in [0.2, 0.25) is 0 Å². The van der Waals surface area contributed by atoms with Crippen LogP contribution in [0.1, 0.15) is 16.8 Å². The molecule has 9 heteroatoms. The molecule has 8 nitrogen and oxygen atoms in total. The summed E-state index contributed by atoms with van der Waals surface area (Å²) in [7, 11) is 1.60. The van der Waals surface area contributed by atoms with Crippen molar-refractivity contribution in [2.45, 2.75) is 13.0 Å².